The number of methoxy groups -OCH3 is 2. The summed E-state index contributed by atoms with van der Waals surface area (Å²) >= 11 is 0. The fourth-order valence-electron chi connectivity index (χ4n) is 2.78. The van der Waals surface area contributed by atoms with Crippen LogP contribution >= 0.6 is 0 Å². The summed E-state index contributed by atoms with van der Waals surface area (Å²) in [6.07, 6.45) is 6.44. The molecule has 0 aromatic heterocycles. The van der Waals surface area contributed by atoms with Gasteiger partial charge in [0.15, 0.2) is 0 Å². The van der Waals surface area contributed by atoms with Gasteiger partial charge in [-0.25, -0.2) is 0 Å². The second-order valence-corrected chi connectivity index (χ2v) is 5.14. The molecule has 1 aromatic rings. The molecule has 1 aromatic carbocycles. The normalized spacial score (nSPS) is 17.7. The number of rotatable bonds is 5. The van der Waals surface area contributed by atoms with E-state index in [2.05, 4.69) is 0 Å². The van der Waals surface area contributed by atoms with Crippen molar-refractivity contribution in [2.24, 2.45) is 11.7 Å². The second-order valence-electron chi connectivity index (χ2n) is 5.14. The lowest BCUT2D eigenvalue weighted by atomic mass is 9.94. The van der Waals surface area contributed by atoms with Crippen molar-refractivity contribution in [2.45, 2.75) is 38.1 Å². The summed E-state index contributed by atoms with van der Waals surface area (Å²) < 4.78 is 10.6. The monoisotopic (exact) mass is 249 g/mol. The van der Waals surface area contributed by atoms with Gasteiger partial charge in [-0.2, -0.15) is 0 Å². The summed E-state index contributed by atoms with van der Waals surface area (Å²) in [4.78, 5) is 0. The van der Waals surface area contributed by atoms with Crippen LogP contribution in [0.2, 0.25) is 0 Å². The lowest BCUT2D eigenvalue weighted by Gasteiger charge is -2.18. The molecule has 1 fully saturated rings. The molecule has 0 spiro atoms. The largest absolute Gasteiger partial charge is 0.497 e. The van der Waals surface area contributed by atoms with Gasteiger partial charge in [-0.15, -0.1) is 0 Å². The summed E-state index contributed by atoms with van der Waals surface area (Å²) in [7, 11) is 3.34. The van der Waals surface area contributed by atoms with Crippen LogP contribution in [0.3, 0.4) is 0 Å². The Balaban J connectivity index is 2.09. The van der Waals surface area contributed by atoms with Gasteiger partial charge in [-0.1, -0.05) is 25.7 Å². The van der Waals surface area contributed by atoms with Gasteiger partial charge in [0.1, 0.15) is 11.5 Å². The van der Waals surface area contributed by atoms with Crippen molar-refractivity contribution in [3.63, 3.8) is 0 Å². The van der Waals surface area contributed by atoms with Gasteiger partial charge in [0, 0.05) is 12.1 Å². The highest BCUT2D eigenvalue weighted by Crippen LogP contribution is 2.34. The fourth-order valence-corrected chi connectivity index (χ4v) is 2.78. The van der Waals surface area contributed by atoms with Gasteiger partial charge in [0.2, 0.25) is 0 Å². The van der Waals surface area contributed by atoms with Crippen LogP contribution in [0.25, 0.3) is 0 Å². The molecule has 2 N–H and O–H groups in total. The third-order valence-electron chi connectivity index (χ3n) is 3.86. The van der Waals surface area contributed by atoms with Crippen LogP contribution in [0.5, 0.6) is 11.5 Å². The first-order chi connectivity index (χ1) is 8.72. The molecule has 2 rings (SSSR count). The van der Waals surface area contributed by atoms with Gasteiger partial charge in [-0.3, -0.25) is 0 Å². The predicted octanol–water partition coefficient (Wildman–Crippen LogP) is 3.28. The van der Waals surface area contributed by atoms with E-state index in [-0.39, 0.29) is 6.04 Å². The number of hydrogen-bond acceptors (Lipinski definition) is 3. The van der Waals surface area contributed by atoms with E-state index in [1.165, 1.54) is 25.7 Å². The zero-order valence-electron chi connectivity index (χ0n) is 11.3. The summed E-state index contributed by atoms with van der Waals surface area (Å²) in [5.74, 6) is 2.41. The van der Waals surface area contributed by atoms with E-state index in [4.69, 9.17) is 15.2 Å². The van der Waals surface area contributed by atoms with Crippen molar-refractivity contribution >= 4 is 0 Å². The Morgan fingerprint density at radius 2 is 1.67 bits per heavy atom. The SMILES string of the molecule is COc1cc(OC)cc(C(N)CC2CCCC2)c1. The Bertz CT molecular complexity index is 364. The molecule has 18 heavy (non-hydrogen) atoms. The average Bonchev–Trinajstić information content (AvgIpc) is 2.90. The van der Waals surface area contributed by atoms with E-state index in [0.717, 1.165) is 29.4 Å². The van der Waals surface area contributed by atoms with Gasteiger partial charge >= 0.3 is 0 Å². The topological polar surface area (TPSA) is 44.5 Å². The van der Waals surface area contributed by atoms with Gasteiger partial charge in [-0.05, 0) is 30.0 Å². The second kappa shape index (κ2) is 6.10. The Morgan fingerprint density at radius 3 is 2.17 bits per heavy atom. The first-order valence-corrected chi connectivity index (χ1v) is 6.71. The van der Waals surface area contributed by atoms with Crippen molar-refractivity contribution in [1.82, 2.24) is 0 Å². The Morgan fingerprint density at radius 1 is 1.11 bits per heavy atom. The predicted molar refractivity (Wildman–Crippen MR) is 73.0 cm³/mol. The highest BCUT2D eigenvalue weighted by Gasteiger charge is 2.19. The minimum absolute atomic E-state index is 0.0806. The summed E-state index contributed by atoms with van der Waals surface area (Å²) in [5.41, 5.74) is 7.42. The molecule has 0 aliphatic heterocycles. The average molecular weight is 249 g/mol. The summed E-state index contributed by atoms with van der Waals surface area (Å²) in [5, 5.41) is 0. The highest BCUT2D eigenvalue weighted by molar-refractivity contribution is 5.39. The van der Waals surface area contributed by atoms with Crippen LogP contribution in [0, 0.1) is 5.92 Å². The molecule has 1 unspecified atom stereocenters. The standard InChI is InChI=1S/C15H23NO2/c1-17-13-8-12(9-14(10-13)18-2)15(16)7-11-5-3-4-6-11/h8-11,15H,3-7,16H2,1-2H3. The Kier molecular flexibility index (Phi) is 4.48. The molecule has 100 valence electrons. The van der Waals surface area contributed by atoms with Crippen LogP contribution < -0.4 is 15.2 Å². The third kappa shape index (κ3) is 3.16. The van der Waals surface area contributed by atoms with Crippen molar-refractivity contribution in [1.29, 1.82) is 0 Å². The van der Waals surface area contributed by atoms with E-state index < -0.39 is 0 Å². The molecular formula is C15H23NO2. The van der Waals surface area contributed by atoms with Gasteiger partial charge in [0.05, 0.1) is 14.2 Å². The van der Waals surface area contributed by atoms with E-state index >= 15 is 0 Å². The molecule has 3 nitrogen and oxygen atoms in total. The fraction of sp³-hybridized carbons (Fsp3) is 0.600. The lowest BCUT2D eigenvalue weighted by Crippen LogP contribution is -2.14. The van der Waals surface area contributed by atoms with Crippen molar-refractivity contribution in [3.8, 4) is 11.5 Å². The third-order valence-corrected chi connectivity index (χ3v) is 3.86. The molecule has 0 radical (unpaired) electrons. The summed E-state index contributed by atoms with van der Waals surface area (Å²) in [6.45, 7) is 0. The van der Waals surface area contributed by atoms with Crippen LogP contribution in [0.15, 0.2) is 18.2 Å². The highest BCUT2D eigenvalue weighted by atomic mass is 16.5. The zero-order chi connectivity index (χ0) is 13.0. The molecule has 0 amide bonds. The maximum absolute atomic E-state index is 6.31. The van der Waals surface area contributed by atoms with Crippen molar-refractivity contribution < 1.29 is 9.47 Å². The maximum Gasteiger partial charge on any atom is 0.122 e. The molecule has 1 saturated carbocycles. The number of hydrogen-bond donors (Lipinski definition) is 1. The molecule has 0 saturated heterocycles. The quantitative estimate of drug-likeness (QED) is 0.871. The number of benzene rings is 1. The van der Waals surface area contributed by atoms with E-state index in [0.29, 0.717) is 0 Å². The van der Waals surface area contributed by atoms with E-state index in [9.17, 15) is 0 Å². The van der Waals surface area contributed by atoms with E-state index in [1.807, 2.05) is 18.2 Å². The first kappa shape index (κ1) is 13.2. The Labute approximate surface area is 109 Å². The molecule has 0 bridgehead atoms. The molecule has 0 heterocycles. The molecule has 1 aliphatic carbocycles. The van der Waals surface area contributed by atoms with Gasteiger partial charge in [0.25, 0.3) is 0 Å². The lowest BCUT2D eigenvalue weighted by molar-refractivity contribution is 0.390. The van der Waals surface area contributed by atoms with E-state index in [1.54, 1.807) is 14.2 Å². The first-order valence-electron chi connectivity index (χ1n) is 6.71. The maximum atomic E-state index is 6.31. The molecule has 3 heteroatoms. The van der Waals surface area contributed by atoms with Crippen LogP contribution in [-0.4, -0.2) is 14.2 Å². The van der Waals surface area contributed by atoms with Crippen LogP contribution in [0.1, 0.15) is 43.7 Å². The molecule has 1 atom stereocenters. The summed E-state index contributed by atoms with van der Waals surface area (Å²) in [6, 6.07) is 5.99. The zero-order valence-corrected chi connectivity index (χ0v) is 11.3. The van der Waals surface area contributed by atoms with Gasteiger partial charge < -0.3 is 15.2 Å². The van der Waals surface area contributed by atoms with Crippen LogP contribution in [0.4, 0.5) is 0 Å². The number of nitrogens with two attached hydrogens (primary N) is 1. The number of ether oxygens (including phenoxy) is 2. The minimum Gasteiger partial charge on any atom is -0.497 e. The Hall–Kier alpha value is -1.22. The van der Waals surface area contributed by atoms with Crippen LogP contribution in [-0.2, 0) is 0 Å². The molecule has 1 aliphatic rings. The smallest absolute Gasteiger partial charge is 0.122 e. The molecular weight excluding hydrogens is 226 g/mol. The van der Waals surface area contributed by atoms with Crippen molar-refractivity contribution in [2.75, 3.05) is 14.2 Å². The minimum atomic E-state index is 0.0806. The van der Waals surface area contributed by atoms with Crippen molar-refractivity contribution in [3.05, 3.63) is 23.8 Å².